The predicted octanol–water partition coefficient (Wildman–Crippen LogP) is -1.28. The van der Waals surface area contributed by atoms with Crippen LogP contribution in [0.4, 0.5) is 0 Å². The number of carboxylic acid groups (broad SMARTS) is 1. The van der Waals surface area contributed by atoms with E-state index in [-0.39, 0.29) is 12.8 Å². The monoisotopic (exact) mass is 490 g/mol. The Morgan fingerprint density at radius 2 is 1.66 bits per heavy atom. The Kier molecular flexibility index (Phi) is 10.6. The van der Waals surface area contributed by atoms with Crippen LogP contribution < -0.4 is 27.4 Å². The third kappa shape index (κ3) is 8.05. The van der Waals surface area contributed by atoms with Crippen LogP contribution in [0.15, 0.2) is 30.5 Å². The number of carbonyl (C=O) groups excluding carboxylic acids is 3. The number of hydrogen-bond acceptors (Lipinski definition) is 7. The molecule has 2 aromatic rings. The zero-order chi connectivity index (χ0) is 26.0. The molecular formula is C23H34N6O6. The van der Waals surface area contributed by atoms with Crippen LogP contribution in [0.3, 0.4) is 0 Å². The molecule has 35 heavy (non-hydrogen) atoms. The van der Waals surface area contributed by atoms with E-state index in [9.17, 15) is 24.3 Å². The summed E-state index contributed by atoms with van der Waals surface area (Å²) < 4.78 is 0. The molecule has 4 unspecified atom stereocenters. The third-order valence-corrected chi connectivity index (χ3v) is 5.58. The number of aliphatic hydroxyl groups is 1. The number of aliphatic carboxylic acids is 1. The Morgan fingerprint density at radius 1 is 1.00 bits per heavy atom. The predicted molar refractivity (Wildman–Crippen MR) is 129 cm³/mol. The Bertz CT molecular complexity index is 1020. The maximum Gasteiger partial charge on any atom is 0.325 e. The van der Waals surface area contributed by atoms with Crippen molar-refractivity contribution in [3.8, 4) is 0 Å². The van der Waals surface area contributed by atoms with Crippen LogP contribution in [0.1, 0.15) is 31.7 Å². The molecule has 3 amide bonds. The number of nitrogens with one attached hydrogen (secondary N) is 4. The molecule has 0 saturated carbocycles. The number of fused-ring (bicyclic) bond motifs is 1. The van der Waals surface area contributed by atoms with Crippen molar-refractivity contribution in [1.29, 1.82) is 0 Å². The Balaban J connectivity index is 2.05. The van der Waals surface area contributed by atoms with E-state index < -0.39 is 54.5 Å². The number of para-hydroxylation sites is 1. The van der Waals surface area contributed by atoms with Crippen molar-refractivity contribution < 1.29 is 29.4 Å². The molecule has 10 N–H and O–H groups in total. The Morgan fingerprint density at radius 3 is 2.31 bits per heavy atom. The van der Waals surface area contributed by atoms with Crippen molar-refractivity contribution >= 4 is 34.6 Å². The lowest BCUT2D eigenvalue weighted by Gasteiger charge is -2.24. The van der Waals surface area contributed by atoms with E-state index in [4.69, 9.17) is 16.6 Å². The van der Waals surface area contributed by atoms with Crippen molar-refractivity contribution in [3.63, 3.8) is 0 Å². The highest BCUT2D eigenvalue weighted by molar-refractivity contribution is 5.94. The highest BCUT2D eigenvalue weighted by atomic mass is 16.4. The minimum atomic E-state index is -1.39. The van der Waals surface area contributed by atoms with E-state index in [1.807, 2.05) is 24.3 Å². The molecule has 4 atom stereocenters. The van der Waals surface area contributed by atoms with Gasteiger partial charge in [-0.15, -0.1) is 0 Å². The normalized spacial score (nSPS) is 14.5. The summed E-state index contributed by atoms with van der Waals surface area (Å²) >= 11 is 0. The number of carbonyl (C=O) groups is 4. The lowest BCUT2D eigenvalue weighted by molar-refractivity contribution is -0.142. The molecular weight excluding hydrogens is 456 g/mol. The van der Waals surface area contributed by atoms with Gasteiger partial charge in [0.05, 0.1) is 12.6 Å². The van der Waals surface area contributed by atoms with Crippen molar-refractivity contribution in [2.45, 2.75) is 56.8 Å². The summed E-state index contributed by atoms with van der Waals surface area (Å²) in [6.07, 6.45) is 3.40. The summed E-state index contributed by atoms with van der Waals surface area (Å²) in [5, 5.41) is 26.6. The van der Waals surface area contributed by atoms with Gasteiger partial charge >= 0.3 is 5.97 Å². The molecule has 12 nitrogen and oxygen atoms in total. The summed E-state index contributed by atoms with van der Waals surface area (Å²) in [6, 6.07) is 3.03. The number of rotatable bonds is 14. The van der Waals surface area contributed by atoms with Crippen molar-refractivity contribution in [3.05, 3.63) is 36.0 Å². The second-order valence-corrected chi connectivity index (χ2v) is 8.33. The van der Waals surface area contributed by atoms with Gasteiger partial charge in [-0.3, -0.25) is 19.2 Å². The molecule has 0 aliphatic heterocycles. The topological polar surface area (TPSA) is 213 Å². The van der Waals surface area contributed by atoms with Crippen LogP contribution in [-0.2, 0) is 25.6 Å². The maximum atomic E-state index is 12.9. The van der Waals surface area contributed by atoms with Crippen molar-refractivity contribution in [1.82, 2.24) is 20.9 Å². The molecule has 0 saturated heterocycles. The fourth-order valence-corrected chi connectivity index (χ4v) is 3.51. The number of nitrogens with two attached hydrogens (primary N) is 2. The number of aliphatic hydroxyl groups excluding tert-OH is 1. The lowest BCUT2D eigenvalue weighted by Crippen LogP contribution is -2.58. The first-order chi connectivity index (χ1) is 16.7. The highest BCUT2D eigenvalue weighted by Crippen LogP contribution is 2.18. The molecule has 0 fully saturated rings. The van der Waals surface area contributed by atoms with E-state index in [0.29, 0.717) is 19.4 Å². The average molecular weight is 491 g/mol. The smallest absolute Gasteiger partial charge is 0.325 e. The molecule has 0 bridgehead atoms. The second-order valence-electron chi connectivity index (χ2n) is 8.33. The molecule has 2 rings (SSSR count). The molecule has 192 valence electrons. The van der Waals surface area contributed by atoms with Gasteiger partial charge in [-0.25, -0.2) is 0 Å². The lowest BCUT2D eigenvalue weighted by atomic mass is 10.0. The summed E-state index contributed by atoms with van der Waals surface area (Å²) in [5.41, 5.74) is 13.4. The standard InChI is InChI=1S/C23H34N6O6/c1-13(23(34)35)27-22(33)19(12-30)29-21(32)18(8-4-5-9-24)28-20(31)16(25)10-14-11-26-17-7-3-2-6-15(14)17/h2-3,6-7,11,13,16,18-19,26,30H,4-5,8-10,12,24-25H2,1H3,(H,27,33)(H,28,31)(H,29,32)(H,34,35). The first-order valence-corrected chi connectivity index (χ1v) is 11.4. The minimum Gasteiger partial charge on any atom is -0.480 e. The number of unbranched alkanes of at least 4 members (excludes halogenated alkanes) is 1. The van der Waals surface area contributed by atoms with Crippen LogP contribution in [0.25, 0.3) is 10.9 Å². The number of carboxylic acids is 1. The third-order valence-electron chi connectivity index (χ3n) is 5.58. The second kappa shape index (κ2) is 13.4. The van der Waals surface area contributed by atoms with Gasteiger partial charge in [-0.1, -0.05) is 18.2 Å². The highest BCUT2D eigenvalue weighted by Gasteiger charge is 2.29. The number of hydrogen-bond donors (Lipinski definition) is 8. The van der Waals surface area contributed by atoms with Gasteiger partial charge in [0.15, 0.2) is 0 Å². The number of amides is 3. The van der Waals surface area contributed by atoms with Gasteiger partial charge in [-0.2, -0.15) is 0 Å². The average Bonchev–Trinajstić information content (AvgIpc) is 3.24. The molecule has 12 heteroatoms. The minimum absolute atomic E-state index is 0.236. The summed E-state index contributed by atoms with van der Waals surface area (Å²) in [5.74, 6) is -3.38. The molecule has 1 aromatic heterocycles. The van der Waals surface area contributed by atoms with Gasteiger partial charge in [0.2, 0.25) is 17.7 Å². The SMILES string of the molecule is CC(NC(=O)C(CO)NC(=O)C(CCCCN)NC(=O)C(N)Cc1c[nH]c2ccccc12)C(=O)O. The first kappa shape index (κ1) is 27.8. The van der Waals surface area contributed by atoms with Crippen LogP contribution in [0.2, 0.25) is 0 Å². The summed E-state index contributed by atoms with van der Waals surface area (Å²) in [6.45, 7) is 0.895. The molecule has 0 aliphatic carbocycles. The zero-order valence-electron chi connectivity index (χ0n) is 19.6. The number of H-pyrrole nitrogens is 1. The van der Waals surface area contributed by atoms with E-state index in [2.05, 4.69) is 20.9 Å². The molecule has 1 aromatic carbocycles. The number of aromatic amines is 1. The maximum absolute atomic E-state index is 12.9. The van der Waals surface area contributed by atoms with Crippen LogP contribution >= 0.6 is 0 Å². The molecule has 0 spiro atoms. The number of benzene rings is 1. The summed E-state index contributed by atoms with van der Waals surface area (Å²) in [4.78, 5) is 52.0. The van der Waals surface area contributed by atoms with Gasteiger partial charge < -0.3 is 42.6 Å². The van der Waals surface area contributed by atoms with Gasteiger partial charge in [0.25, 0.3) is 0 Å². The van der Waals surface area contributed by atoms with Crippen molar-refractivity contribution in [2.75, 3.05) is 13.2 Å². The fraction of sp³-hybridized carbons (Fsp3) is 0.478. The van der Waals surface area contributed by atoms with Crippen molar-refractivity contribution in [2.24, 2.45) is 11.5 Å². The molecule has 0 radical (unpaired) electrons. The quantitative estimate of drug-likeness (QED) is 0.149. The Labute approximate surface area is 202 Å². The van der Waals surface area contributed by atoms with Gasteiger partial charge in [-0.05, 0) is 50.8 Å². The molecule has 0 aliphatic rings. The van der Waals surface area contributed by atoms with Crippen LogP contribution in [0, 0.1) is 0 Å². The zero-order valence-corrected chi connectivity index (χ0v) is 19.6. The summed E-state index contributed by atoms with van der Waals surface area (Å²) in [7, 11) is 0. The largest absolute Gasteiger partial charge is 0.480 e. The van der Waals surface area contributed by atoms with Crippen LogP contribution in [0.5, 0.6) is 0 Å². The Hall–Kier alpha value is -3.48. The molecule has 1 heterocycles. The van der Waals surface area contributed by atoms with E-state index in [1.165, 1.54) is 6.92 Å². The van der Waals surface area contributed by atoms with Gasteiger partial charge in [0.1, 0.15) is 18.1 Å². The van der Waals surface area contributed by atoms with E-state index in [1.54, 1.807) is 6.20 Å². The number of aromatic nitrogens is 1. The van der Waals surface area contributed by atoms with E-state index >= 15 is 0 Å². The van der Waals surface area contributed by atoms with Gasteiger partial charge in [0, 0.05) is 17.1 Å². The van der Waals surface area contributed by atoms with Crippen LogP contribution in [-0.4, -0.2) is 76.2 Å². The fourth-order valence-electron chi connectivity index (χ4n) is 3.51. The first-order valence-electron chi connectivity index (χ1n) is 11.4. The van der Waals surface area contributed by atoms with E-state index in [0.717, 1.165) is 16.5 Å².